The van der Waals surface area contributed by atoms with Crippen molar-refractivity contribution >= 4 is 45.3 Å². The molecule has 0 saturated carbocycles. The molecule has 0 aromatic carbocycles. The second-order valence-electron chi connectivity index (χ2n) is 20.7. The second kappa shape index (κ2) is 40.1. The van der Waals surface area contributed by atoms with Crippen LogP contribution in [0.5, 0.6) is 0 Å². The van der Waals surface area contributed by atoms with Crippen molar-refractivity contribution in [3.63, 3.8) is 0 Å². The smallest absolute Gasteiger partial charge is 0.141 e. The van der Waals surface area contributed by atoms with E-state index < -0.39 is 0 Å². The number of aromatic nitrogens is 4. The van der Waals surface area contributed by atoms with Gasteiger partial charge in [-0.05, 0) is 84.4 Å². The highest BCUT2D eigenvalue weighted by molar-refractivity contribution is 7.27. The summed E-state index contributed by atoms with van der Waals surface area (Å²) in [5.41, 5.74) is 6.29. The third kappa shape index (κ3) is 24.8. The van der Waals surface area contributed by atoms with E-state index in [-0.39, 0.29) is 0 Å². The Hall–Kier alpha value is -1.48. The van der Waals surface area contributed by atoms with Crippen LogP contribution in [0.3, 0.4) is 0 Å². The van der Waals surface area contributed by atoms with Gasteiger partial charge in [-0.15, -0.1) is 43.1 Å². The summed E-state index contributed by atoms with van der Waals surface area (Å²) in [6.07, 6.45) is 60.1. The Morgan fingerprint density at radius 3 is 0.750 bits per heavy atom. The van der Waals surface area contributed by atoms with Crippen LogP contribution in [0.15, 0.2) is 10.8 Å². The molecule has 8 heteroatoms. The van der Waals surface area contributed by atoms with Crippen molar-refractivity contribution in [2.24, 2.45) is 0 Å². The predicted molar refractivity (Wildman–Crippen MR) is 308 cm³/mol. The molecule has 0 bridgehead atoms. The van der Waals surface area contributed by atoms with Gasteiger partial charge in [0, 0.05) is 0 Å². The molecule has 386 valence electrons. The Kier molecular flexibility index (Phi) is 34.8. The fourth-order valence-electron chi connectivity index (χ4n) is 10.2. The van der Waals surface area contributed by atoms with Gasteiger partial charge in [0.15, 0.2) is 20.0 Å². The van der Waals surface area contributed by atoms with E-state index in [0.717, 1.165) is 20.0 Å². The van der Waals surface area contributed by atoms with Crippen LogP contribution in [-0.4, -0.2) is 20.4 Å². The lowest BCUT2D eigenvalue weighted by atomic mass is 9.98. The molecule has 0 atom stereocenters. The molecule has 0 aliphatic carbocycles. The highest BCUT2D eigenvalue weighted by atomic mass is 32.1. The Balaban J connectivity index is 1.38. The first kappa shape index (κ1) is 59.1. The van der Waals surface area contributed by atoms with Gasteiger partial charge in [-0.2, -0.15) is 0 Å². The first-order chi connectivity index (χ1) is 33.7. The second-order valence-corrected chi connectivity index (χ2v) is 24.4. The number of nitrogens with zero attached hydrogens (tertiary/aromatic N) is 4. The molecule has 0 aliphatic rings. The van der Waals surface area contributed by atoms with Gasteiger partial charge >= 0.3 is 0 Å². The molecule has 0 amide bonds. The van der Waals surface area contributed by atoms with E-state index in [1.54, 1.807) is 44.9 Å². The molecule has 0 saturated heterocycles. The van der Waals surface area contributed by atoms with Crippen molar-refractivity contribution in [2.45, 2.75) is 310 Å². The van der Waals surface area contributed by atoms with Crippen LogP contribution in [0.1, 0.15) is 307 Å². The summed E-state index contributed by atoms with van der Waals surface area (Å²) in [6.45, 7) is 9.25. The molecular weight excluding hydrogens is 905 g/mol. The third-order valence-electron chi connectivity index (χ3n) is 14.5. The molecule has 4 nitrogen and oxygen atoms in total. The Bertz CT molecular complexity index is 1620. The fraction of sp³-hybridized carbons (Fsp3) is 0.800. The number of unbranched alkanes of at least 4 members (excludes halogenated alkanes) is 36. The molecule has 0 aliphatic heterocycles. The normalized spacial score (nSPS) is 11.8. The minimum Gasteiger partial charge on any atom is -0.141 e. The molecule has 68 heavy (non-hydrogen) atoms. The minimum atomic E-state index is 0.927. The fourth-order valence-corrected chi connectivity index (χ4v) is 14.4. The average Bonchev–Trinajstić information content (AvgIpc) is 4.19. The molecule has 4 aromatic rings. The van der Waals surface area contributed by atoms with Gasteiger partial charge in [-0.25, -0.2) is 0 Å². The summed E-state index contributed by atoms with van der Waals surface area (Å²) in [7, 11) is 0. The molecule has 4 rings (SSSR count). The Labute approximate surface area is 435 Å². The van der Waals surface area contributed by atoms with Crippen LogP contribution >= 0.6 is 45.3 Å². The van der Waals surface area contributed by atoms with Gasteiger partial charge in [-0.1, -0.05) is 282 Å². The lowest BCUT2D eigenvalue weighted by Gasteiger charge is -2.08. The zero-order valence-corrected chi connectivity index (χ0v) is 48.0. The summed E-state index contributed by atoms with van der Waals surface area (Å²) < 4.78 is 0. The van der Waals surface area contributed by atoms with Gasteiger partial charge in [0.05, 0.1) is 9.75 Å². The van der Waals surface area contributed by atoms with Gasteiger partial charge < -0.3 is 0 Å². The summed E-state index contributed by atoms with van der Waals surface area (Å²) in [5, 5.41) is 28.3. The summed E-state index contributed by atoms with van der Waals surface area (Å²) in [4.78, 5) is 2.73. The lowest BCUT2D eigenvalue weighted by Crippen LogP contribution is -1.94. The van der Waals surface area contributed by atoms with Gasteiger partial charge in [0.2, 0.25) is 0 Å². The van der Waals surface area contributed by atoms with Crippen LogP contribution in [0.25, 0.3) is 29.8 Å². The zero-order chi connectivity index (χ0) is 48.0. The average molecular weight is 1010 g/mol. The molecular formula is C60H102N4S4. The maximum absolute atomic E-state index is 4.88. The van der Waals surface area contributed by atoms with Crippen LogP contribution in [0, 0.1) is 0 Å². The maximum Gasteiger partial charge on any atom is 0.178 e. The van der Waals surface area contributed by atoms with Gasteiger partial charge in [-0.3, -0.25) is 0 Å². The van der Waals surface area contributed by atoms with E-state index in [2.05, 4.69) is 38.5 Å². The third-order valence-corrected chi connectivity index (χ3v) is 19.0. The summed E-state index contributed by atoms with van der Waals surface area (Å²) in [6, 6.07) is 0. The molecule has 4 heterocycles. The number of hydrogen-bond acceptors (Lipinski definition) is 8. The lowest BCUT2D eigenvalue weighted by molar-refractivity contribution is 0.553. The van der Waals surface area contributed by atoms with E-state index in [1.165, 1.54) is 292 Å². The van der Waals surface area contributed by atoms with Crippen LogP contribution in [0.2, 0.25) is 0 Å². The number of thiophene rings is 2. The number of hydrogen-bond donors (Lipinski definition) is 0. The summed E-state index contributed by atoms with van der Waals surface area (Å²) in [5.74, 6) is 0. The number of rotatable bonds is 47. The zero-order valence-electron chi connectivity index (χ0n) is 44.7. The Morgan fingerprint density at radius 2 is 0.485 bits per heavy atom. The Morgan fingerprint density at radius 1 is 0.265 bits per heavy atom. The quantitative estimate of drug-likeness (QED) is 0.0414. The topological polar surface area (TPSA) is 51.6 Å². The first-order valence-corrected chi connectivity index (χ1v) is 33.0. The van der Waals surface area contributed by atoms with Gasteiger partial charge in [0.25, 0.3) is 0 Å². The van der Waals surface area contributed by atoms with Crippen LogP contribution in [-0.2, 0) is 25.7 Å². The molecule has 0 radical (unpaired) electrons. The maximum atomic E-state index is 4.88. The van der Waals surface area contributed by atoms with E-state index in [4.69, 9.17) is 20.4 Å². The van der Waals surface area contributed by atoms with Crippen molar-refractivity contribution in [3.05, 3.63) is 33.0 Å². The van der Waals surface area contributed by atoms with Crippen molar-refractivity contribution < 1.29 is 0 Å². The molecule has 0 fully saturated rings. The highest BCUT2D eigenvalue weighted by Crippen LogP contribution is 2.42. The first-order valence-electron chi connectivity index (χ1n) is 29.6. The standard InChI is InChI=1S/C60H102N4S4/c1-5-9-13-17-21-25-29-33-37-41-45-51-49-65-55(53(51)47-43-39-35-31-27-23-19-15-11-7-3)57-61-63-59(67-57)60-64-62-58(68-60)56-54(48-44-40-36-32-28-24-20-16-12-8-4)52(50-66-56)46-42-38-34-30-26-22-18-14-10-6-2/h49-50H,5-48H2,1-4H3. The monoisotopic (exact) mass is 1010 g/mol. The highest BCUT2D eigenvalue weighted by Gasteiger charge is 2.22. The van der Waals surface area contributed by atoms with E-state index >= 15 is 0 Å². The predicted octanol–water partition coefficient (Wildman–Crippen LogP) is 22.4. The molecule has 0 unspecified atom stereocenters. The largest absolute Gasteiger partial charge is 0.178 e. The van der Waals surface area contributed by atoms with E-state index in [9.17, 15) is 0 Å². The molecule has 4 aromatic heterocycles. The SMILES string of the molecule is CCCCCCCCCCCCc1csc(-c2nnc(-c3nnc(-c4scc(CCCCCCCCCCCC)c4CCCCCCCCCCCC)s3)s2)c1CCCCCCCCCCCC. The van der Waals surface area contributed by atoms with E-state index in [0.29, 0.717) is 0 Å². The van der Waals surface area contributed by atoms with Gasteiger partial charge in [0.1, 0.15) is 0 Å². The van der Waals surface area contributed by atoms with E-state index in [1.807, 2.05) is 22.7 Å². The molecule has 0 N–H and O–H groups in total. The van der Waals surface area contributed by atoms with Crippen molar-refractivity contribution in [2.75, 3.05) is 0 Å². The van der Waals surface area contributed by atoms with Crippen LogP contribution < -0.4 is 0 Å². The van der Waals surface area contributed by atoms with Crippen molar-refractivity contribution in [1.29, 1.82) is 0 Å². The molecule has 0 spiro atoms. The summed E-state index contributed by atoms with van der Waals surface area (Å²) >= 11 is 7.31. The van der Waals surface area contributed by atoms with Crippen LogP contribution in [0.4, 0.5) is 0 Å². The van der Waals surface area contributed by atoms with Crippen molar-refractivity contribution in [3.8, 4) is 29.8 Å². The number of aryl methyl sites for hydroxylation is 2. The van der Waals surface area contributed by atoms with Crippen molar-refractivity contribution in [1.82, 2.24) is 20.4 Å². The minimum absolute atomic E-state index is 0.927.